The summed E-state index contributed by atoms with van der Waals surface area (Å²) in [6.45, 7) is 5.72. The van der Waals surface area contributed by atoms with Gasteiger partial charge in [-0.1, -0.05) is 37.6 Å². The minimum Gasteiger partial charge on any atom is -0.367 e. The second-order valence-corrected chi connectivity index (χ2v) is 8.44. The number of benzene rings is 1. The molecule has 1 fully saturated rings. The second kappa shape index (κ2) is 8.41. The predicted molar refractivity (Wildman–Crippen MR) is 116 cm³/mol. The van der Waals surface area contributed by atoms with E-state index in [2.05, 4.69) is 24.1 Å². The number of nitrogens with one attached hydrogen (secondary N) is 1. The average molecular weight is 412 g/mol. The lowest BCUT2D eigenvalue weighted by atomic mass is 10.1. The van der Waals surface area contributed by atoms with Crippen molar-refractivity contribution in [3.8, 4) is 11.3 Å². The van der Waals surface area contributed by atoms with Crippen LogP contribution in [0.25, 0.3) is 16.9 Å². The zero-order chi connectivity index (χ0) is 20.4. The maximum atomic E-state index is 12.5. The lowest BCUT2D eigenvalue weighted by molar-refractivity contribution is -0.132. The van der Waals surface area contributed by atoms with Crippen LogP contribution in [0.15, 0.2) is 42.6 Å². The Morgan fingerprint density at radius 3 is 2.97 bits per heavy atom. The number of amides is 1. The Morgan fingerprint density at radius 2 is 2.17 bits per heavy atom. The summed E-state index contributed by atoms with van der Waals surface area (Å²) in [7, 11) is 0. The molecule has 29 heavy (non-hydrogen) atoms. The fourth-order valence-corrected chi connectivity index (χ4v) is 4.07. The summed E-state index contributed by atoms with van der Waals surface area (Å²) in [5, 5.41) is 8.81. The first kappa shape index (κ1) is 19.7. The van der Waals surface area contributed by atoms with E-state index in [0.717, 1.165) is 42.1 Å². The van der Waals surface area contributed by atoms with Crippen LogP contribution in [0, 0.1) is 5.92 Å². The van der Waals surface area contributed by atoms with E-state index in [-0.39, 0.29) is 11.9 Å². The molecule has 2 aromatic heterocycles. The number of anilines is 1. The molecule has 0 saturated carbocycles. The molecule has 4 rings (SSSR count). The van der Waals surface area contributed by atoms with Crippen LogP contribution in [0.1, 0.15) is 33.1 Å². The number of likely N-dealkylation sites (tertiary alicyclic amines) is 1. The third-order valence-electron chi connectivity index (χ3n) is 5.28. The van der Waals surface area contributed by atoms with Gasteiger partial charge in [0.1, 0.15) is 5.82 Å². The Hall–Kier alpha value is -2.60. The number of carbonyl (C=O) groups is 1. The molecular formula is C22H26ClN5O. The first-order valence-corrected chi connectivity index (χ1v) is 10.5. The molecule has 3 heterocycles. The van der Waals surface area contributed by atoms with E-state index in [9.17, 15) is 4.79 Å². The van der Waals surface area contributed by atoms with E-state index in [0.29, 0.717) is 23.9 Å². The van der Waals surface area contributed by atoms with Gasteiger partial charge in [-0.05, 0) is 43.0 Å². The molecule has 1 atom stereocenters. The number of aromatic nitrogens is 3. The van der Waals surface area contributed by atoms with Gasteiger partial charge in [0, 0.05) is 36.1 Å². The Labute approximate surface area is 175 Å². The number of hydrogen-bond donors (Lipinski definition) is 1. The second-order valence-electron chi connectivity index (χ2n) is 8.00. The van der Waals surface area contributed by atoms with Gasteiger partial charge in [0.15, 0.2) is 5.65 Å². The maximum Gasteiger partial charge on any atom is 0.223 e. The standard InChI is InChI=1S/C22H26ClN5O/c1-15(2)11-22(29)27-10-4-7-18(27)13-24-20-8-9-21-25-14-19(28(21)26-20)16-5-3-6-17(23)12-16/h3,5-6,8-9,12,14-15,18H,4,7,10-11,13H2,1-2H3,(H,24,26)/t18-/m0/s1. The molecule has 1 aromatic carbocycles. The summed E-state index contributed by atoms with van der Waals surface area (Å²) in [4.78, 5) is 19.0. The first-order chi connectivity index (χ1) is 14.0. The van der Waals surface area contributed by atoms with E-state index in [4.69, 9.17) is 16.7 Å². The molecule has 0 aliphatic carbocycles. The summed E-state index contributed by atoms with van der Waals surface area (Å²) in [6.07, 6.45) is 4.50. The van der Waals surface area contributed by atoms with Crippen LogP contribution in [0.3, 0.4) is 0 Å². The Balaban J connectivity index is 1.50. The van der Waals surface area contributed by atoms with Crippen LogP contribution < -0.4 is 5.32 Å². The van der Waals surface area contributed by atoms with Crippen molar-refractivity contribution in [2.24, 2.45) is 5.92 Å². The van der Waals surface area contributed by atoms with Gasteiger partial charge in [-0.3, -0.25) is 4.79 Å². The van der Waals surface area contributed by atoms with Crippen molar-refractivity contribution in [3.63, 3.8) is 0 Å². The molecule has 1 N–H and O–H groups in total. The smallest absolute Gasteiger partial charge is 0.223 e. The molecule has 0 radical (unpaired) electrons. The largest absolute Gasteiger partial charge is 0.367 e. The van der Waals surface area contributed by atoms with Gasteiger partial charge >= 0.3 is 0 Å². The van der Waals surface area contributed by atoms with Gasteiger partial charge in [0.05, 0.1) is 11.9 Å². The van der Waals surface area contributed by atoms with Crippen LogP contribution in [0.2, 0.25) is 5.02 Å². The van der Waals surface area contributed by atoms with Crippen LogP contribution in [0.4, 0.5) is 5.82 Å². The predicted octanol–water partition coefficient (Wildman–Crippen LogP) is 4.50. The Kier molecular flexibility index (Phi) is 5.72. The van der Waals surface area contributed by atoms with E-state index in [1.165, 1.54) is 0 Å². The topological polar surface area (TPSA) is 62.5 Å². The van der Waals surface area contributed by atoms with E-state index >= 15 is 0 Å². The van der Waals surface area contributed by atoms with Crippen LogP contribution in [-0.4, -0.2) is 44.5 Å². The Bertz CT molecular complexity index is 1020. The zero-order valence-corrected chi connectivity index (χ0v) is 17.6. The quantitative estimate of drug-likeness (QED) is 0.648. The van der Waals surface area contributed by atoms with Gasteiger partial charge in [0.2, 0.25) is 5.91 Å². The number of halogens is 1. The Morgan fingerprint density at radius 1 is 1.31 bits per heavy atom. The van der Waals surface area contributed by atoms with Gasteiger partial charge in [-0.15, -0.1) is 5.10 Å². The van der Waals surface area contributed by atoms with Crippen molar-refractivity contribution in [3.05, 3.63) is 47.6 Å². The molecule has 0 spiro atoms. The molecule has 1 aliphatic rings. The van der Waals surface area contributed by atoms with Crippen molar-refractivity contribution < 1.29 is 4.79 Å². The summed E-state index contributed by atoms with van der Waals surface area (Å²) < 4.78 is 1.82. The number of nitrogens with zero attached hydrogens (tertiary/aromatic N) is 4. The summed E-state index contributed by atoms with van der Waals surface area (Å²) in [5.74, 6) is 1.40. The highest BCUT2D eigenvalue weighted by Gasteiger charge is 2.28. The van der Waals surface area contributed by atoms with E-state index < -0.39 is 0 Å². The highest BCUT2D eigenvalue weighted by atomic mass is 35.5. The molecule has 1 saturated heterocycles. The normalized spacial score (nSPS) is 16.7. The molecule has 152 valence electrons. The summed E-state index contributed by atoms with van der Waals surface area (Å²) in [6, 6.07) is 11.8. The highest BCUT2D eigenvalue weighted by Crippen LogP contribution is 2.24. The summed E-state index contributed by atoms with van der Waals surface area (Å²) in [5.41, 5.74) is 2.64. The number of fused-ring (bicyclic) bond motifs is 1. The number of carbonyl (C=O) groups excluding carboxylic acids is 1. The fraction of sp³-hybridized carbons (Fsp3) is 0.409. The first-order valence-electron chi connectivity index (χ1n) is 10.2. The number of rotatable bonds is 6. The molecule has 1 aliphatic heterocycles. The van der Waals surface area contributed by atoms with E-state index in [1.807, 2.05) is 45.8 Å². The monoisotopic (exact) mass is 411 g/mol. The van der Waals surface area contributed by atoms with E-state index in [1.54, 1.807) is 6.20 Å². The number of hydrogen-bond acceptors (Lipinski definition) is 4. The average Bonchev–Trinajstić information content (AvgIpc) is 3.32. The molecule has 7 heteroatoms. The van der Waals surface area contributed by atoms with Crippen LogP contribution >= 0.6 is 11.6 Å². The fourth-order valence-electron chi connectivity index (χ4n) is 3.88. The van der Waals surface area contributed by atoms with Crippen molar-refractivity contribution in [2.75, 3.05) is 18.4 Å². The van der Waals surface area contributed by atoms with Gasteiger partial charge in [-0.25, -0.2) is 9.50 Å². The van der Waals surface area contributed by atoms with Crippen LogP contribution in [0.5, 0.6) is 0 Å². The zero-order valence-electron chi connectivity index (χ0n) is 16.8. The van der Waals surface area contributed by atoms with Gasteiger partial charge < -0.3 is 10.2 Å². The van der Waals surface area contributed by atoms with Crippen LogP contribution in [-0.2, 0) is 4.79 Å². The lowest BCUT2D eigenvalue weighted by Crippen LogP contribution is -2.40. The third-order valence-corrected chi connectivity index (χ3v) is 5.52. The molecule has 0 unspecified atom stereocenters. The SMILES string of the molecule is CC(C)CC(=O)N1CCC[C@H]1CNc1ccc2ncc(-c3cccc(Cl)c3)n2n1. The van der Waals surface area contributed by atoms with Crippen molar-refractivity contribution >= 4 is 29.0 Å². The maximum absolute atomic E-state index is 12.5. The molecule has 0 bridgehead atoms. The highest BCUT2D eigenvalue weighted by molar-refractivity contribution is 6.30. The van der Waals surface area contributed by atoms with Gasteiger partial charge in [0.25, 0.3) is 0 Å². The van der Waals surface area contributed by atoms with Crippen molar-refractivity contribution in [2.45, 2.75) is 39.2 Å². The van der Waals surface area contributed by atoms with Crippen molar-refractivity contribution in [1.82, 2.24) is 19.5 Å². The number of imidazole rings is 1. The molecule has 1 amide bonds. The minimum absolute atomic E-state index is 0.217. The summed E-state index contributed by atoms with van der Waals surface area (Å²) >= 11 is 6.14. The van der Waals surface area contributed by atoms with Gasteiger partial charge in [-0.2, -0.15) is 0 Å². The molecule has 3 aromatic rings. The minimum atomic E-state index is 0.217. The lowest BCUT2D eigenvalue weighted by Gasteiger charge is -2.26. The third kappa shape index (κ3) is 4.37. The molecule has 6 nitrogen and oxygen atoms in total. The van der Waals surface area contributed by atoms with Crippen molar-refractivity contribution in [1.29, 1.82) is 0 Å². The molecular weight excluding hydrogens is 386 g/mol.